The first-order valence-electron chi connectivity index (χ1n) is 10.3. The van der Waals surface area contributed by atoms with E-state index in [1.54, 1.807) is 0 Å². The molecule has 28 heavy (non-hydrogen) atoms. The smallest absolute Gasteiger partial charge is 0.194 e. The molecule has 0 amide bonds. The van der Waals surface area contributed by atoms with Crippen molar-refractivity contribution < 1.29 is 13.2 Å². The van der Waals surface area contributed by atoms with E-state index in [1.165, 1.54) is 37.7 Å². The normalized spacial score (nSPS) is 14.2. The van der Waals surface area contributed by atoms with Gasteiger partial charge in [0.2, 0.25) is 0 Å². The Balaban J connectivity index is 0.00000109. The van der Waals surface area contributed by atoms with Gasteiger partial charge in [-0.3, -0.25) is 0 Å². The van der Waals surface area contributed by atoms with Gasteiger partial charge in [0, 0.05) is 0 Å². The van der Waals surface area contributed by atoms with Crippen molar-refractivity contribution in [3.05, 3.63) is 71.5 Å². The quantitative estimate of drug-likeness (QED) is 0.399. The number of aryl methyl sites for hydroxylation is 1. The zero-order valence-corrected chi connectivity index (χ0v) is 16.6. The maximum absolute atomic E-state index is 13.5. The fourth-order valence-corrected chi connectivity index (χ4v) is 4.02. The van der Waals surface area contributed by atoms with Gasteiger partial charge in [0.1, 0.15) is 0 Å². The van der Waals surface area contributed by atoms with Crippen molar-refractivity contribution in [1.82, 2.24) is 0 Å². The van der Waals surface area contributed by atoms with Crippen molar-refractivity contribution in [2.24, 2.45) is 5.92 Å². The first kappa shape index (κ1) is 20.4. The van der Waals surface area contributed by atoms with E-state index in [9.17, 15) is 13.2 Å². The average Bonchev–Trinajstić information content (AvgIpc) is 3.25. The Bertz CT molecular complexity index is 917. The number of hydrogen-bond donors (Lipinski definition) is 0. The molecule has 0 aromatic heterocycles. The summed E-state index contributed by atoms with van der Waals surface area (Å²) < 4.78 is 40.1. The van der Waals surface area contributed by atoms with Crippen molar-refractivity contribution in [3.63, 3.8) is 0 Å². The Morgan fingerprint density at radius 1 is 0.750 bits per heavy atom. The van der Waals surface area contributed by atoms with Gasteiger partial charge in [-0.25, -0.2) is 13.2 Å². The number of fused-ring (bicyclic) bond motifs is 1. The van der Waals surface area contributed by atoms with Crippen LogP contribution in [-0.2, 0) is 6.42 Å². The summed E-state index contributed by atoms with van der Waals surface area (Å²) in [6.45, 7) is 4.00. The zero-order chi connectivity index (χ0) is 20.1. The van der Waals surface area contributed by atoms with Crippen molar-refractivity contribution in [2.45, 2.75) is 52.4 Å². The third kappa shape index (κ3) is 4.57. The van der Waals surface area contributed by atoms with Crippen LogP contribution in [0.1, 0.15) is 51.5 Å². The van der Waals surface area contributed by atoms with E-state index in [-0.39, 0.29) is 0 Å². The molecule has 1 aliphatic carbocycles. The molecule has 3 heteroatoms. The number of halogens is 3. The highest BCUT2D eigenvalue weighted by Gasteiger charge is 2.15. The van der Waals surface area contributed by atoms with Gasteiger partial charge in [-0.2, -0.15) is 0 Å². The highest BCUT2D eigenvalue weighted by atomic mass is 19.2. The first-order valence-corrected chi connectivity index (χ1v) is 10.3. The molecule has 1 saturated carbocycles. The molecule has 0 heterocycles. The molecule has 0 atom stereocenters. The molecule has 148 valence electrons. The Morgan fingerprint density at radius 2 is 1.36 bits per heavy atom. The molecule has 1 aliphatic rings. The van der Waals surface area contributed by atoms with Crippen LogP contribution in [0, 0.1) is 23.4 Å². The minimum Gasteiger partial charge on any atom is -0.204 e. The summed E-state index contributed by atoms with van der Waals surface area (Å²) in [5, 5.41) is 2.12. The molecule has 0 spiro atoms. The topological polar surface area (TPSA) is 0 Å². The Labute approximate surface area is 165 Å². The van der Waals surface area contributed by atoms with E-state index in [0.717, 1.165) is 35.2 Å². The van der Waals surface area contributed by atoms with Crippen molar-refractivity contribution in [2.75, 3.05) is 0 Å². The lowest BCUT2D eigenvalue weighted by Gasteiger charge is -2.10. The van der Waals surface area contributed by atoms with Crippen LogP contribution in [0.5, 0.6) is 0 Å². The third-order valence-corrected chi connectivity index (χ3v) is 5.54. The lowest BCUT2D eigenvalue weighted by Crippen LogP contribution is -1.96. The SMILES string of the molecule is CC.Fc1cc(-c2ccc3cc(CCC4CCCC4)ccc3c2)cc(F)c1F. The summed E-state index contributed by atoms with van der Waals surface area (Å²) >= 11 is 0. The van der Waals surface area contributed by atoms with E-state index < -0.39 is 17.5 Å². The van der Waals surface area contributed by atoms with E-state index in [4.69, 9.17) is 0 Å². The predicted octanol–water partition coefficient (Wildman–Crippen LogP) is 8.07. The minimum atomic E-state index is -1.43. The summed E-state index contributed by atoms with van der Waals surface area (Å²) in [5.74, 6) is -2.89. The van der Waals surface area contributed by atoms with Crippen LogP contribution in [0.15, 0.2) is 48.5 Å². The molecule has 0 nitrogen and oxygen atoms in total. The Morgan fingerprint density at radius 3 is 2.04 bits per heavy atom. The highest BCUT2D eigenvalue weighted by Crippen LogP contribution is 2.30. The lowest BCUT2D eigenvalue weighted by molar-refractivity contribution is 0.448. The number of rotatable bonds is 4. The molecule has 0 aliphatic heterocycles. The zero-order valence-electron chi connectivity index (χ0n) is 16.6. The monoisotopic (exact) mass is 384 g/mol. The van der Waals surface area contributed by atoms with Crippen LogP contribution in [-0.4, -0.2) is 0 Å². The molecule has 1 fully saturated rings. The lowest BCUT2D eigenvalue weighted by atomic mass is 9.95. The molecule has 0 radical (unpaired) electrons. The van der Waals surface area contributed by atoms with Gasteiger partial charge in [0.25, 0.3) is 0 Å². The van der Waals surface area contributed by atoms with Crippen molar-refractivity contribution >= 4 is 10.8 Å². The summed E-state index contributed by atoms with van der Waals surface area (Å²) in [6, 6.07) is 14.1. The maximum Gasteiger partial charge on any atom is 0.194 e. The molecular formula is C25H27F3. The molecule has 0 N–H and O–H groups in total. The van der Waals surface area contributed by atoms with Crippen LogP contribution >= 0.6 is 0 Å². The van der Waals surface area contributed by atoms with Crippen LogP contribution in [0.25, 0.3) is 21.9 Å². The van der Waals surface area contributed by atoms with Gasteiger partial charge in [-0.05, 0) is 64.4 Å². The summed E-state index contributed by atoms with van der Waals surface area (Å²) in [7, 11) is 0. The summed E-state index contributed by atoms with van der Waals surface area (Å²) in [4.78, 5) is 0. The Kier molecular flexibility index (Phi) is 6.77. The minimum absolute atomic E-state index is 0.341. The first-order chi connectivity index (χ1) is 13.6. The van der Waals surface area contributed by atoms with Crippen LogP contribution in [0.4, 0.5) is 13.2 Å². The number of benzene rings is 3. The molecule has 0 unspecified atom stereocenters. The van der Waals surface area contributed by atoms with Crippen LogP contribution in [0.3, 0.4) is 0 Å². The van der Waals surface area contributed by atoms with Gasteiger partial charge in [-0.1, -0.05) is 69.9 Å². The van der Waals surface area contributed by atoms with Crippen LogP contribution in [0.2, 0.25) is 0 Å². The van der Waals surface area contributed by atoms with E-state index in [1.807, 2.05) is 32.0 Å². The summed E-state index contributed by atoms with van der Waals surface area (Å²) in [5.41, 5.74) is 2.35. The summed E-state index contributed by atoms with van der Waals surface area (Å²) in [6.07, 6.45) is 7.81. The average molecular weight is 384 g/mol. The van der Waals surface area contributed by atoms with Gasteiger partial charge in [0.05, 0.1) is 0 Å². The fraction of sp³-hybridized carbons (Fsp3) is 0.360. The van der Waals surface area contributed by atoms with Crippen molar-refractivity contribution in [3.8, 4) is 11.1 Å². The molecular weight excluding hydrogens is 357 g/mol. The standard InChI is InChI=1S/C23H21F3.C2H6/c24-21-13-20(14-22(25)23(21)26)19-10-9-17-11-16(7-8-18(17)12-19)6-5-15-3-1-2-4-15;1-2/h7-15H,1-6H2;1-2H3. The van der Waals surface area contributed by atoms with E-state index in [2.05, 4.69) is 18.2 Å². The van der Waals surface area contributed by atoms with Crippen LogP contribution < -0.4 is 0 Å². The second-order valence-electron chi connectivity index (χ2n) is 7.34. The Hall–Kier alpha value is -2.29. The van der Waals surface area contributed by atoms with E-state index in [0.29, 0.717) is 11.1 Å². The van der Waals surface area contributed by atoms with Crippen molar-refractivity contribution in [1.29, 1.82) is 0 Å². The molecule has 0 saturated heterocycles. The van der Waals surface area contributed by atoms with Gasteiger partial charge >= 0.3 is 0 Å². The maximum atomic E-state index is 13.5. The molecule has 3 aromatic rings. The molecule has 4 rings (SSSR count). The number of hydrogen-bond acceptors (Lipinski definition) is 0. The van der Waals surface area contributed by atoms with E-state index >= 15 is 0 Å². The van der Waals surface area contributed by atoms with Gasteiger partial charge in [0.15, 0.2) is 17.5 Å². The van der Waals surface area contributed by atoms with Gasteiger partial charge in [-0.15, -0.1) is 0 Å². The second-order valence-corrected chi connectivity index (χ2v) is 7.34. The second kappa shape index (κ2) is 9.27. The highest BCUT2D eigenvalue weighted by molar-refractivity contribution is 5.87. The van der Waals surface area contributed by atoms with Gasteiger partial charge < -0.3 is 0 Å². The third-order valence-electron chi connectivity index (χ3n) is 5.54. The molecule has 3 aromatic carbocycles. The fourth-order valence-electron chi connectivity index (χ4n) is 4.02. The largest absolute Gasteiger partial charge is 0.204 e. The molecule has 0 bridgehead atoms. The predicted molar refractivity (Wildman–Crippen MR) is 111 cm³/mol.